The lowest BCUT2D eigenvalue weighted by Gasteiger charge is -2.31. The third-order valence-corrected chi connectivity index (χ3v) is 9.97. The van der Waals surface area contributed by atoms with Crippen LogP contribution in [0.25, 0.3) is 0 Å². The Labute approximate surface area is 216 Å². The van der Waals surface area contributed by atoms with Crippen molar-refractivity contribution in [1.82, 2.24) is 4.31 Å². The lowest BCUT2D eigenvalue weighted by atomic mass is 9.92. The number of thioether (sulfide) groups is 1. The third-order valence-electron chi connectivity index (χ3n) is 6.62. The molecule has 0 aromatic heterocycles. The average Bonchev–Trinajstić information content (AvgIpc) is 3.16. The van der Waals surface area contributed by atoms with Crippen LogP contribution in [0, 0.1) is 25.6 Å². The van der Waals surface area contributed by atoms with Crippen LogP contribution in [-0.2, 0) is 14.8 Å². The fourth-order valence-corrected chi connectivity index (χ4v) is 8.31. The molecule has 3 aromatic carbocycles. The first-order valence-electron chi connectivity index (χ1n) is 11.9. The van der Waals surface area contributed by atoms with Crippen molar-refractivity contribution in [2.75, 3.05) is 0 Å². The summed E-state index contributed by atoms with van der Waals surface area (Å²) in [5, 5.41) is 9.88. The number of rotatable bonds is 8. The van der Waals surface area contributed by atoms with E-state index in [9.17, 15) is 22.7 Å². The first-order valence-corrected chi connectivity index (χ1v) is 14.3. The smallest absolute Gasteiger partial charge is 0.309 e. The zero-order valence-electron chi connectivity index (χ0n) is 20.5. The Morgan fingerprint density at radius 2 is 1.61 bits per heavy atom. The number of aryl methyl sites for hydroxylation is 2. The first-order chi connectivity index (χ1) is 17.1. The zero-order valence-corrected chi connectivity index (χ0v) is 22.1. The van der Waals surface area contributed by atoms with Crippen molar-refractivity contribution >= 4 is 27.8 Å². The number of sulfonamides is 1. The molecule has 4 atom stereocenters. The van der Waals surface area contributed by atoms with Gasteiger partial charge in [0.2, 0.25) is 10.0 Å². The number of carboxylic acid groups (broad SMARTS) is 1. The SMILES string of the molecule is CCCC1[C@@H](Sc2ccc(C)cc2)[C@@H](C(=O)O)C(c2cccc(F)c2)N1S(=O)(=O)c1ccc(C)cc1. The topological polar surface area (TPSA) is 74.7 Å². The lowest BCUT2D eigenvalue weighted by molar-refractivity contribution is -0.142. The largest absolute Gasteiger partial charge is 0.481 e. The van der Waals surface area contributed by atoms with E-state index in [4.69, 9.17) is 0 Å². The van der Waals surface area contributed by atoms with Crippen molar-refractivity contribution in [3.63, 3.8) is 0 Å². The summed E-state index contributed by atoms with van der Waals surface area (Å²) in [5.41, 5.74) is 2.33. The molecule has 1 heterocycles. The highest BCUT2D eigenvalue weighted by Crippen LogP contribution is 2.51. The molecule has 4 rings (SSSR count). The Morgan fingerprint density at radius 3 is 2.17 bits per heavy atom. The van der Waals surface area contributed by atoms with Crippen molar-refractivity contribution in [3.8, 4) is 0 Å². The van der Waals surface area contributed by atoms with Gasteiger partial charge >= 0.3 is 5.97 Å². The van der Waals surface area contributed by atoms with E-state index in [1.165, 1.54) is 34.3 Å². The van der Waals surface area contributed by atoms with Gasteiger partial charge < -0.3 is 5.11 Å². The van der Waals surface area contributed by atoms with Crippen LogP contribution in [0.4, 0.5) is 4.39 Å². The predicted molar refractivity (Wildman–Crippen MR) is 140 cm³/mol. The van der Waals surface area contributed by atoms with Crippen LogP contribution in [0.2, 0.25) is 0 Å². The molecule has 0 bridgehead atoms. The summed E-state index contributed by atoms with van der Waals surface area (Å²) in [6.45, 7) is 5.80. The first kappa shape index (κ1) is 26.4. The van der Waals surface area contributed by atoms with Gasteiger partial charge in [0.25, 0.3) is 0 Å². The highest BCUT2D eigenvalue weighted by molar-refractivity contribution is 8.00. The van der Waals surface area contributed by atoms with Gasteiger partial charge in [-0.1, -0.05) is 60.9 Å². The monoisotopic (exact) mass is 527 g/mol. The molecular formula is C28H30FNO4S2. The quantitative estimate of drug-likeness (QED) is 0.377. The molecule has 0 spiro atoms. The van der Waals surface area contributed by atoms with Gasteiger partial charge in [-0.25, -0.2) is 12.8 Å². The minimum Gasteiger partial charge on any atom is -0.481 e. The van der Waals surface area contributed by atoms with Gasteiger partial charge in [0, 0.05) is 16.2 Å². The fraction of sp³-hybridized carbons (Fsp3) is 0.321. The lowest BCUT2D eigenvalue weighted by Crippen LogP contribution is -2.40. The Hall–Kier alpha value is -2.68. The molecule has 0 amide bonds. The second kappa shape index (κ2) is 10.7. The van der Waals surface area contributed by atoms with Gasteiger partial charge in [0.15, 0.2) is 0 Å². The molecule has 1 N–H and O–H groups in total. The van der Waals surface area contributed by atoms with Crippen LogP contribution in [0.1, 0.15) is 42.5 Å². The predicted octanol–water partition coefficient (Wildman–Crippen LogP) is 6.22. The van der Waals surface area contributed by atoms with E-state index in [2.05, 4.69) is 0 Å². The van der Waals surface area contributed by atoms with Crippen LogP contribution in [0.5, 0.6) is 0 Å². The summed E-state index contributed by atoms with van der Waals surface area (Å²) in [4.78, 5) is 13.8. The van der Waals surface area contributed by atoms with Crippen molar-refractivity contribution in [1.29, 1.82) is 0 Å². The molecule has 1 saturated heterocycles. The average molecular weight is 528 g/mol. The molecule has 0 radical (unpaired) electrons. The Bertz CT molecular complexity index is 1330. The molecule has 8 heteroatoms. The molecule has 3 aromatic rings. The number of hydrogen-bond donors (Lipinski definition) is 1. The van der Waals surface area contributed by atoms with Crippen molar-refractivity contribution in [2.24, 2.45) is 5.92 Å². The summed E-state index contributed by atoms with van der Waals surface area (Å²) in [7, 11) is -4.10. The normalized spacial score (nSPS) is 22.6. The van der Waals surface area contributed by atoms with Crippen molar-refractivity contribution < 1.29 is 22.7 Å². The number of carbonyl (C=O) groups is 1. The van der Waals surface area contributed by atoms with E-state index in [0.717, 1.165) is 16.0 Å². The second-order valence-corrected chi connectivity index (χ2v) is 12.4. The maximum absolute atomic E-state index is 14.3. The summed E-state index contributed by atoms with van der Waals surface area (Å²) in [5.74, 6) is -2.71. The summed E-state index contributed by atoms with van der Waals surface area (Å²) >= 11 is 1.38. The highest BCUT2D eigenvalue weighted by atomic mass is 32.2. The molecule has 1 aliphatic heterocycles. The van der Waals surface area contributed by atoms with Crippen LogP contribution < -0.4 is 0 Å². The number of benzene rings is 3. The van der Waals surface area contributed by atoms with Gasteiger partial charge in [-0.2, -0.15) is 4.31 Å². The van der Waals surface area contributed by atoms with Gasteiger partial charge in [0.05, 0.1) is 16.9 Å². The van der Waals surface area contributed by atoms with Crippen molar-refractivity contribution in [3.05, 3.63) is 95.3 Å². The Kier molecular flexibility index (Phi) is 7.87. The Balaban J connectivity index is 1.91. The second-order valence-electron chi connectivity index (χ2n) is 9.26. The van der Waals surface area contributed by atoms with Crippen LogP contribution in [-0.4, -0.2) is 35.1 Å². The third kappa shape index (κ3) is 5.21. The number of carboxylic acids is 1. The van der Waals surface area contributed by atoms with Gasteiger partial charge in [0.1, 0.15) is 5.82 Å². The maximum atomic E-state index is 14.3. The van der Waals surface area contributed by atoms with E-state index in [0.29, 0.717) is 18.4 Å². The van der Waals surface area contributed by atoms with Crippen LogP contribution in [0.15, 0.2) is 82.6 Å². The van der Waals surface area contributed by atoms with E-state index in [1.807, 2.05) is 45.0 Å². The zero-order chi connectivity index (χ0) is 26.0. The van der Waals surface area contributed by atoms with Gasteiger partial charge in [-0.15, -0.1) is 11.8 Å². The molecule has 2 unspecified atom stereocenters. The van der Waals surface area contributed by atoms with Gasteiger partial charge in [-0.3, -0.25) is 4.79 Å². The summed E-state index contributed by atoms with van der Waals surface area (Å²) < 4.78 is 44.0. The number of aliphatic carboxylic acids is 1. The summed E-state index contributed by atoms with van der Waals surface area (Å²) in [6.07, 6.45) is 1.14. The maximum Gasteiger partial charge on any atom is 0.309 e. The highest BCUT2D eigenvalue weighted by Gasteiger charge is 2.57. The van der Waals surface area contributed by atoms with E-state index < -0.39 is 45.1 Å². The number of halogens is 1. The van der Waals surface area contributed by atoms with Gasteiger partial charge in [-0.05, 0) is 62.2 Å². The fourth-order valence-electron chi connectivity index (χ4n) is 4.92. The molecule has 5 nitrogen and oxygen atoms in total. The minimum atomic E-state index is -4.10. The summed E-state index contributed by atoms with van der Waals surface area (Å²) in [6, 6.07) is 18.3. The van der Waals surface area contributed by atoms with E-state index in [1.54, 1.807) is 30.3 Å². The molecule has 36 heavy (non-hydrogen) atoms. The molecule has 190 valence electrons. The number of nitrogens with zero attached hydrogens (tertiary/aromatic N) is 1. The molecule has 0 aliphatic carbocycles. The number of hydrogen-bond acceptors (Lipinski definition) is 4. The van der Waals surface area contributed by atoms with E-state index >= 15 is 0 Å². The molecule has 1 fully saturated rings. The molecule has 0 saturated carbocycles. The Morgan fingerprint density at radius 1 is 1.00 bits per heavy atom. The molecular weight excluding hydrogens is 497 g/mol. The van der Waals surface area contributed by atoms with Crippen molar-refractivity contribution in [2.45, 2.75) is 60.7 Å². The van der Waals surface area contributed by atoms with Crippen LogP contribution in [0.3, 0.4) is 0 Å². The minimum absolute atomic E-state index is 0.0979. The van der Waals surface area contributed by atoms with Crippen LogP contribution >= 0.6 is 11.8 Å². The molecule has 1 aliphatic rings. The standard InChI is InChI=1S/C28H30FNO4S2/c1-4-6-24-27(35-22-13-9-18(2)10-14-22)25(28(31)32)26(20-7-5-8-21(29)17-20)30(24)36(33,34)23-15-11-19(3)12-16-23/h5,7-17,24-27H,4,6H2,1-3H3,(H,31,32)/t24?,25-,26?,27+/m0/s1. The van der Waals surface area contributed by atoms with E-state index in [-0.39, 0.29) is 4.90 Å².